The van der Waals surface area contributed by atoms with E-state index in [2.05, 4.69) is 0 Å². The molecular weight excluding hydrogens is 140 g/mol. The summed E-state index contributed by atoms with van der Waals surface area (Å²) >= 11 is 5.57. The lowest BCUT2D eigenvalue weighted by Crippen LogP contribution is -2.44. The highest BCUT2D eigenvalue weighted by atomic mass is 35.5. The Kier molecular flexibility index (Phi) is 2.09. The Bertz CT molecular complexity index is 124. The summed E-state index contributed by atoms with van der Waals surface area (Å²) in [6.45, 7) is 2.54. The Morgan fingerprint density at radius 2 is 2.56 bits per heavy atom. The van der Waals surface area contributed by atoms with Crippen molar-refractivity contribution >= 4 is 17.4 Å². The van der Waals surface area contributed by atoms with Crippen molar-refractivity contribution in [2.45, 2.75) is 24.8 Å². The van der Waals surface area contributed by atoms with Crippen molar-refractivity contribution in [2.75, 3.05) is 6.61 Å². The van der Waals surface area contributed by atoms with Crippen LogP contribution in [0, 0.1) is 0 Å². The number of carbonyl (C=O) groups excluding carboxylic acids is 1. The summed E-state index contributed by atoms with van der Waals surface area (Å²) in [5, 5.41) is -0.370. The topological polar surface area (TPSA) is 26.3 Å². The molecule has 0 N–H and O–H groups in total. The predicted octanol–water partition coefficient (Wildman–Crippen LogP) is 0.972. The van der Waals surface area contributed by atoms with Crippen LogP contribution in [0.3, 0.4) is 0 Å². The standard InChI is InChI=1S/C6H9ClO2/c1-2-9-5-3-4(8)6(5)7/h5-6H,2-3H2,1H3/t5-,6-/m0/s1. The van der Waals surface area contributed by atoms with Gasteiger partial charge in [0.2, 0.25) is 0 Å². The molecule has 0 aliphatic heterocycles. The molecule has 1 aliphatic rings. The molecule has 0 radical (unpaired) electrons. The average molecular weight is 149 g/mol. The summed E-state index contributed by atoms with van der Waals surface area (Å²) in [7, 11) is 0. The van der Waals surface area contributed by atoms with Crippen LogP contribution in [-0.4, -0.2) is 23.9 Å². The molecule has 0 spiro atoms. The Labute approximate surface area is 59.1 Å². The molecule has 0 amide bonds. The lowest BCUT2D eigenvalue weighted by atomic mass is 9.93. The molecule has 52 valence electrons. The number of hydrogen-bond donors (Lipinski definition) is 0. The van der Waals surface area contributed by atoms with Gasteiger partial charge in [-0.2, -0.15) is 0 Å². The third-order valence-electron chi connectivity index (χ3n) is 1.42. The van der Waals surface area contributed by atoms with Gasteiger partial charge in [0.1, 0.15) is 5.38 Å². The summed E-state index contributed by atoms with van der Waals surface area (Å²) in [6, 6.07) is 0. The minimum Gasteiger partial charge on any atom is -0.376 e. The lowest BCUT2D eigenvalue weighted by Gasteiger charge is -2.29. The van der Waals surface area contributed by atoms with Crippen molar-refractivity contribution < 1.29 is 9.53 Å². The van der Waals surface area contributed by atoms with Crippen LogP contribution in [-0.2, 0) is 9.53 Å². The smallest absolute Gasteiger partial charge is 0.156 e. The molecule has 3 heteroatoms. The molecule has 1 aliphatic carbocycles. The van der Waals surface area contributed by atoms with Gasteiger partial charge in [-0.25, -0.2) is 0 Å². The van der Waals surface area contributed by atoms with E-state index in [1.54, 1.807) is 0 Å². The molecule has 0 bridgehead atoms. The lowest BCUT2D eigenvalue weighted by molar-refractivity contribution is -0.132. The SMILES string of the molecule is CCO[C@H]1CC(=O)[C@@H]1Cl. The fourth-order valence-corrected chi connectivity index (χ4v) is 1.07. The molecule has 0 heterocycles. The zero-order valence-electron chi connectivity index (χ0n) is 5.26. The maximum absolute atomic E-state index is 10.5. The minimum absolute atomic E-state index is 0.0100. The van der Waals surface area contributed by atoms with E-state index in [0.717, 1.165) is 0 Å². The van der Waals surface area contributed by atoms with E-state index in [1.165, 1.54) is 0 Å². The van der Waals surface area contributed by atoms with Crippen molar-refractivity contribution in [1.29, 1.82) is 0 Å². The third kappa shape index (κ3) is 1.25. The van der Waals surface area contributed by atoms with Crippen LogP contribution in [0.25, 0.3) is 0 Å². The molecule has 0 unspecified atom stereocenters. The molecule has 1 saturated carbocycles. The van der Waals surface area contributed by atoms with E-state index in [4.69, 9.17) is 16.3 Å². The van der Waals surface area contributed by atoms with Crippen LogP contribution >= 0.6 is 11.6 Å². The number of ether oxygens (including phenoxy) is 1. The summed E-state index contributed by atoms with van der Waals surface area (Å²) in [5.41, 5.74) is 0. The molecule has 1 rings (SSSR count). The second kappa shape index (κ2) is 2.67. The van der Waals surface area contributed by atoms with E-state index in [1.807, 2.05) is 6.92 Å². The van der Waals surface area contributed by atoms with Crippen LogP contribution in [0.5, 0.6) is 0 Å². The van der Waals surface area contributed by atoms with Crippen LogP contribution in [0.15, 0.2) is 0 Å². The number of ketones is 1. The van der Waals surface area contributed by atoms with Gasteiger partial charge >= 0.3 is 0 Å². The molecule has 0 aromatic rings. The monoisotopic (exact) mass is 148 g/mol. The number of Topliss-reactive ketones (excluding diaryl/α,β-unsaturated/α-hetero) is 1. The highest BCUT2D eigenvalue weighted by molar-refractivity contribution is 6.34. The van der Waals surface area contributed by atoms with Gasteiger partial charge < -0.3 is 4.74 Å². The molecule has 0 aromatic heterocycles. The van der Waals surface area contributed by atoms with Gasteiger partial charge in [-0.05, 0) is 6.92 Å². The first kappa shape index (κ1) is 7.03. The first-order valence-corrected chi connectivity index (χ1v) is 3.47. The Morgan fingerprint density at radius 3 is 2.89 bits per heavy atom. The number of rotatable bonds is 2. The number of halogens is 1. The van der Waals surface area contributed by atoms with E-state index >= 15 is 0 Å². The quantitative estimate of drug-likeness (QED) is 0.546. The number of alkyl halides is 1. The van der Waals surface area contributed by atoms with E-state index < -0.39 is 0 Å². The molecule has 9 heavy (non-hydrogen) atoms. The zero-order chi connectivity index (χ0) is 6.85. The number of carbonyl (C=O) groups is 1. The van der Waals surface area contributed by atoms with Crippen LogP contribution in [0.2, 0.25) is 0 Å². The second-order valence-electron chi connectivity index (χ2n) is 2.07. The fourth-order valence-electron chi connectivity index (χ4n) is 0.819. The van der Waals surface area contributed by atoms with Gasteiger partial charge in [-0.3, -0.25) is 4.79 Å². The normalized spacial score (nSPS) is 34.2. The van der Waals surface area contributed by atoms with Gasteiger partial charge in [-0.15, -0.1) is 11.6 Å². The minimum atomic E-state index is -0.370. The van der Waals surface area contributed by atoms with Gasteiger partial charge in [0.25, 0.3) is 0 Å². The predicted molar refractivity (Wildman–Crippen MR) is 34.7 cm³/mol. The molecule has 2 atom stereocenters. The Balaban J connectivity index is 2.25. The average Bonchev–Trinajstić information content (AvgIpc) is 1.88. The van der Waals surface area contributed by atoms with Crippen molar-refractivity contribution in [3.63, 3.8) is 0 Å². The largest absolute Gasteiger partial charge is 0.376 e. The molecular formula is C6H9ClO2. The Hall–Kier alpha value is -0.0800. The fraction of sp³-hybridized carbons (Fsp3) is 0.833. The van der Waals surface area contributed by atoms with Gasteiger partial charge in [0.15, 0.2) is 5.78 Å². The van der Waals surface area contributed by atoms with Crippen LogP contribution in [0.1, 0.15) is 13.3 Å². The van der Waals surface area contributed by atoms with E-state index in [9.17, 15) is 4.79 Å². The van der Waals surface area contributed by atoms with Crippen molar-refractivity contribution in [1.82, 2.24) is 0 Å². The van der Waals surface area contributed by atoms with Gasteiger partial charge in [-0.1, -0.05) is 0 Å². The summed E-state index contributed by atoms with van der Waals surface area (Å²) in [4.78, 5) is 10.5. The summed E-state index contributed by atoms with van der Waals surface area (Å²) in [5.74, 6) is 0.107. The van der Waals surface area contributed by atoms with E-state index in [0.29, 0.717) is 13.0 Å². The maximum atomic E-state index is 10.5. The summed E-state index contributed by atoms with van der Waals surface area (Å²) in [6.07, 6.45) is 0.492. The zero-order valence-corrected chi connectivity index (χ0v) is 6.02. The first-order chi connectivity index (χ1) is 4.25. The van der Waals surface area contributed by atoms with Crippen LogP contribution < -0.4 is 0 Å². The van der Waals surface area contributed by atoms with Gasteiger partial charge in [0, 0.05) is 13.0 Å². The first-order valence-electron chi connectivity index (χ1n) is 3.04. The second-order valence-corrected chi connectivity index (χ2v) is 2.54. The van der Waals surface area contributed by atoms with Crippen molar-refractivity contribution in [2.24, 2.45) is 0 Å². The van der Waals surface area contributed by atoms with Crippen molar-refractivity contribution in [3.05, 3.63) is 0 Å². The number of hydrogen-bond acceptors (Lipinski definition) is 2. The van der Waals surface area contributed by atoms with Crippen molar-refractivity contribution in [3.8, 4) is 0 Å². The highest BCUT2D eigenvalue weighted by Gasteiger charge is 2.38. The summed E-state index contributed by atoms with van der Waals surface area (Å²) < 4.78 is 5.11. The highest BCUT2D eigenvalue weighted by Crippen LogP contribution is 2.24. The van der Waals surface area contributed by atoms with E-state index in [-0.39, 0.29) is 17.3 Å². The van der Waals surface area contributed by atoms with Gasteiger partial charge in [0.05, 0.1) is 6.10 Å². The maximum Gasteiger partial charge on any atom is 0.156 e. The molecule has 2 nitrogen and oxygen atoms in total. The third-order valence-corrected chi connectivity index (χ3v) is 1.94. The van der Waals surface area contributed by atoms with Crippen LogP contribution in [0.4, 0.5) is 0 Å². The molecule has 0 saturated heterocycles. The Morgan fingerprint density at radius 1 is 1.89 bits per heavy atom. The molecule has 1 fully saturated rings. The molecule has 0 aromatic carbocycles.